The van der Waals surface area contributed by atoms with E-state index in [1.165, 1.54) is 0 Å². The molecular formula is C10H21NO3S. The number of rotatable bonds is 5. The zero-order chi connectivity index (χ0) is 11.3. The van der Waals surface area contributed by atoms with Crippen molar-refractivity contribution in [2.24, 2.45) is 0 Å². The van der Waals surface area contributed by atoms with Crippen LogP contribution in [0.25, 0.3) is 0 Å². The normalized spacial score (nSPS) is 29.3. The van der Waals surface area contributed by atoms with Crippen LogP contribution in [-0.2, 0) is 20.3 Å². The number of hydrogen-bond acceptors (Lipinski definition) is 4. The zero-order valence-electron chi connectivity index (χ0n) is 9.69. The first-order valence-corrected chi connectivity index (χ1v) is 6.82. The summed E-state index contributed by atoms with van der Waals surface area (Å²) in [5.74, 6) is 1.63. The minimum absolute atomic E-state index is 0.163. The van der Waals surface area contributed by atoms with Gasteiger partial charge in [0.25, 0.3) is 0 Å². The van der Waals surface area contributed by atoms with Gasteiger partial charge in [0.1, 0.15) is 0 Å². The van der Waals surface area contributed by atoms with E-state index in [1.807, 2.05) is 6.92 Å². The van der Waals surface area contributed by atoms with Crippen LogP contribution in [0, 0.1) is 0 Å². The molecule has 1 unspecified atom stereocenters. The molecule has 90 valence electrons. The highest BCUT2D eigenvalue weighted by molar-refractivity contribution is 7.85. The maximum atomic E-state index is 11.2. The third kappa shape index (κ3) is 4.18. The summed E-state index contributed by atoms with van der Waals surface area (Å²) in [7, 11) is 2.69. The number of methoxy groups -OCH3 is 2. The lowest BCUT2D eigenvalue weighted by atomic mass is 10.1. The molecule has 0 saturated carbocycles. The molecule has 0 radical (unpaired) electrons. The molecule has 0 amide bonds. The lowest BCUT2D eigenvalue weighted by molar-refractivity contribution is -0.121. The maximum Gasteiger partial charge on any atom is 0.171 e. The van der Waals surface area contributed by atoms with E-state index in [0.29, 0.717) is 6.04 Å². The molecule has 0 aromatic rings. The summed E-state index contributed by atoms with van der Waals surface area (Å²) in [4.78, 5) is 0. The molecule has 0 aromatic carbocycles. The van der Waals surface area contributed by atoms with E-state index in [2.05, 4.69) is 5.32 Å². The molecule has 1 heterocycles. The fourth-order valence-electron chi connectivity index (χ4n) is 1.92. The topological polar surface area (TPSA) is 47.6 Å². The Morgan fingerprint density at radius 1 is 1.27 bits per heavy atom. The molecule has 0 aliphatic carbocycles. The lowest BCUT2D eigenvalue weighted by Crippen LogP contribution is -2.47. The third-order valence-corrected chi connectivity index (χ3v) is 4.14. The Bertz CT molecular complexity index is 199. The second-order valence-electron chi connectivity index (χ2n) is 3.92. The molecular weight excluding hydrogens is 214 g/mol. The van der Waals surface area contributed by atoms with Crippen molar-refractivity contribution < 1.29 is 13.7 Å². The summed E-state index contributed by atoms with van der Waals surface area (Å²) < 4.78 is 21.5. The fourth-order valence-corrected chi connectivity index (χ4v) is 3.21. The van der Waals surface area contributed by atoms with Gasteiger partial charge in [-0.1, -0.05) is 0 Å². The molecule has 1 fully saturated rings. The van der Waals surface area contributed by atoms with Crippen LogP contribution in [-0.4, -0.2) is 48.3 Å². The average molecular weight is 235 g/mol. The van der Waals surface area contributed by atoms with Gasteiger partial charge in [0.05, 0.1) is 6.04 Å². The van der Waals surface area contributed by atoms with Gasteiger partial charge in [0.15, 0.2) is 6.29 Å². The largest absolute Gasteiger partial charge is 0.354 e. The number of nitrogens with one attached hydrogen (secondary N) is 1. The molecule has 15 heavy (non-hydrogen) atoms. The standard InChI is InChI=1S/C10H21NO3S/c1-8(10(13-2)14-3)11-9-4-6-15(12)7-5-9/h8-11H,4-7H2,1-3H3. The minimum atomic E-state index is -0.593. The average Bonchev–Trinajstić information content (AvgIpc) is 2.23. The van der Waals surface area contributed by atoms with Crippen molar-refractivity contribution in [3.63, 3.8) is 0 Å². The highest BCUT2D eigenvalue weighted by Crippen LogP contribution is 2.11. The van der Waals surface area contributed by atoms with Crippen LogP contribution in [0.2, 0.25) is 0 Å². The van der Waals surface area contributed by atoms with Crippen molar-refractivity contribution in [1.29, 1.82) is 0 Å². The molecule has 1 atom stereocenters. The van der Waals surface area contributed by atoms with Crippen molar-refractivity contribution in [3.8, 4) is 0 Å². The van der Waals surface area contributed by atoms with Gasteiger partial charge in [-0.3, -0.25) is 4.21 Å². The van der Waals surface area contributed by atoms with Crippen LogP contribution in [0.5, 0.6) is 0 Å². The van der Waals surface area contributed by atoms with Gasteiger partial charge in [-0.2, -0.15) is 0 Å². The van der Waals surface area contributed by atoms with Gasteiger partial charge in [0, 0.05) is 42.6 Å². The van der Waals surface area contributed by atoms with Crippen LogP contribution >= 0.6 is 0 Å². The molecule has 1 aliphatic heterocycles. The van der Waals surface area contributed by atoms with E-state index in [-0.39, 0.29) is 12.3 Å². The zero-order valence-corrected chi connectivity index (χ0v) is 10.5. The summed E-state index contributed by atoms with van der Waals surface area (Å²) >= 11 is 0. The molecule has 0 spiro atoms. The predicted octanol–water partition coefficient (Wildman–Crippen LogP) is 0.494. The third-order valence-electron chi connectivity index (χ3n) is 2.76. The Hall–Kier alpha value is 0.0300. The van der Waals surface area contributed by atoms with Crippen molar-refractivity contribution in [3.05, 3.63) is 0 Å². The first-order valence-electron chi connectivity index (χ1n) is 5.34. The summed E-state index contributed by atoms with van der Waals surface area (Å²) in [5.41, 5.74) is 0. The Balaban J connectivity index is 2.31. The Morgan fingerprint density at radius 2 is 1.80 bits per heavy atom. The Labute approximate surface area is 94.2 Å². The van der Waals surface area contributed by atoms with E-state index < -0.39 is 10.8 Å². The van der Waals surface area contributed by atoms with Gasteiger partial charge in [-0.05, 0) is 19.8 Å². The van der Waals surface area contributed by atoms with E-state index in [0.717, 1.165) is 24.3 Å². The lowest BCUT2D eigenvalue weighted by Gasteiger charge is -2.29. The number of hydrogen-bond donors (Lipinski definition) is 1. The van der Waals surface area contributed by atoms with E-state index in [1.54, 1.807) is 14.2 Å². The molecule has 1 saturated heterocycles. The fraction of sp³-hybridized carbons (Fsp3) is 1.00. The molecule has 0 bridgehead atoms. The second kappa shape index (κ2) is 6.58. The van der Waals surface area contributed by atoms with E-state index >= 15 is 0 Å². The quantitative estimate of drug-likeness (QED) is 0.705. The second-order valence-corrected chi connectivity index (χ2v) is 5.61. The molecule has 1 aliphatic rings. The van der Waals surface area contributed by atoms with Crippen molar-refractivity contribution in [2.75, 3.05) is 25.7 Å². The Morgan fingerprint density at radius 3 is 2.27 bits per heavy atom. The maximum absolute atomic E-state index is 11.2. The minimum Gasteiger partial charge on any atom is -0.354 e. The van der Waals surface area contributed by atoms with Crippen molar-refractivity contribution in [1.82, 2.24) is 5.32 Å². The monoisotopic (exact) mass is 235 g/mol. The van der Waals surface area contributed by atoms with E-state index in [4.69, 9.17) is 9.47 Å². The molecule has 0 aromatic heterocycles. The van der Waals surface area contributed by atoms with Gasteiger partial charge >= 0.3 is 0 Å². The smallest absolute Gasteiger partial charge is 0.171 e. The SMILES string of the molecule is COC(OC)C(C)NC1CCS(=O)CC1. The first kappa shape index (κ1) is 13.1. The summed E-state index contributed by atoms with van der Waals surface area (Å²) in [6.45, 7) is 2.04. The molecule has 5 heteroatoms. The van der Waals surface area contributed by atoms with Crippen LogP contribution < -0.4 is 5.32 Å². The number of ether oxygens (including phenoxy) is 2. The van der Waals surface area contributed by atoms with Gasteiger partial charge in [0.2, 0.25) is 0 Å². The van der Waals surface area contributed by atoms with Gasteiger partial charge < -0.3 is 14.8 Å². The Kier molecular flexibility index (Phi) is 5.74. The van der Waals surface area contributed by atoms with Crippen molar-refractivity contribution in [2.45, 2.75) is 38.1 Å². The van der Waals surface area contributed by atoms with Crippen molar-refractivity contribution >= 4 is 10.8 Å². The summed E-state index contributed by atoms with van der Waals surface area (Å²) in [6, 6.07) is 0.613. The molecule has 1 N–H and O–H groups in total. The van der Waals surface area contributed by atoms with Crippen LogP contribution in [0.4, 0.5) is 0 Å². The summed E-state index contributed by atoms with van der Waals surface area (Å²) in [5, 5.41) is 3.46. The molecule has 1 rings (SSSR count). The molecule has 4 nitrogen and oxygen atoms in total. The van der Waals surface area contributed by atoms with Crippen LogP contribution in [0.3, 0.4) is 0 Å². The summed E-state index contributed by atoms with van der Waals surface area (Å²) in [6.07, 6.45) is 1.76. The predicted molar refractivity (Wildman–Crippen MR) is 61.3 cm³/mol. The first-order chi connectivity index (χ1) is 7.17. The van der Waals surface area contributed by atoms with Gasteiger partial charge in [-0.15, -0.1) is 0 Å². The highest BCUT2D eigenvalue weighted by Gasteiger charge is 2.23. The van der Waals surface area contributed by atoms with Crippen LogP contribution in [0.1, 0.15) is 19.8 Å². The van der Waals surface area contributed by atoms with E-state index in [9.17, 15) is 4.21 Å². The highest BCUT2D eigenvalue weighted by atomic mass is 32.2. The van der Waals surface area contributed by atoms with Crippen LogP contribution in [0.15, 0.2) is 0 Å². The van der Waals surface area contributed by atoms with Gasteiger partial charge in [-0.25, -0.2) is 0 Å².